The number of unbranched alkanes of at least 4 members (excludes halogenated alkanes) is 2. The average Bonchev–Trinajstić information content (AvgIpc) is 3.25. The van der Waals surface area contributed by atoms with Crippen molar-refractivity contribution >= 4 is 6.29 Å². The number of carbonyl (C=O) groups is 1. The maximum absolute atomic E-state index is 11.0. The lowest BCUT2D eigenvalue weighted by molar-refractivity contribution is 0.112. The first-order valence-electron chi connectivity index (χ1n) is 9.19. The van der Waals surface area contributed by atoms with Gasteiger partial charge in [-0.05, 0) is 73.7 Å². The van der Waals surface area contributed by atoms with E-state index < -0.39 is 0 Å². The van der Waals surface area contributed by atoms with E-state index in [9.17, 15) is 4.79 Å². The van der Waals surface area contributed by atoms with Gasteiger partial charge in [-0.25, -0.2) is 0 Å². The Morgan fingerprint density at radius 2 is 1.93 bits per heavy atom. The molecule has 0 aliphatic carbocycles. The Bertz CT molecular complexity index is 853. The number of ether oxygens (including phenoxy) is 2. The molecule has 140 valence electrons. The van der Waals surface area contributed by atoms with Gasteiger partial charge in [0.05, 0.1) is 25.5 Å². The summed E-state index contributed by atoms with van der Waals surface area (Å²) in [5.41, 5.74) is 2.70. The van der Waals surface area contributed by atoms with Gasteiger partial charge in [-0.3, -0.25) is 4.79 Å². The summed E-state index contributed by atoms with van der Waals surface area (Å²) in [6.45, 7) is 0.631. The molecule has 0 bridgehead atoms. The average molecular weight is 364 g/mol. The molecule has 0 N–H and O–H groups in total. The van der Waals surface area contributed by atoms with E-state index >= 15 is 0 Å². The topological polar surface area (TPSA) is 48.7 Å². The van der Waals surface area contributed by atoms with Gasteiger partial charge in [0, 0.05) is 5.56 Å². The Morgan fingerprint density at radius 1 is 1.00 bits per heavy atom. The van der Waals surface area contributed by atoms with Crippen molar-refractivity contribution in [2.24, 2.45) is 0 Å². The molecule has 4 heteroatoms. The van der Waals surface area contributed by atoms with Crippen molar-refractivity contribution in [1.82, 2.24) is 0 Å². The van der Waals surface area contributed by atoms with Gasteiger partial charge in [0.15, 0.2) is 0 Å². The second-order valence-corrected chi connectivity index (χ2v) is 6.36. The molecule has 3 aromatic rings. The number of benzene rings is 2. The Hall–Kier alpha value is -3.01. The SMILES string of the molecule is COc1cccc(CCCCCOc2ccc(C=O)cc2-c2ccco2)c1. The van der Waals surface area contributed by atoms with Gasteiger partial charge in [-0.2, -0.15) is 0 Å². The summed E-state index contributed by atoms with van der Waals surface area (Å²) < 4.78 is 16.7. The maximum atomic E-state index is 11.0. The van der Waals surface area contributed by atoms with Gasteiger partial charge >= 0.3 is 0 Å². The predicted octanol–water partition coefficient (Wildman–Crippen LogP) is 5.56. The van der Waals surface area contributed by atoms with E-state index in [0.717, 1.165) is 49.0 Å². The summed E-state index contributed by atoms with van der Waals surface area (Å²) in [5.74, 6) is 2.34. The number of hydrogen-bond donors (Lipinski definition) is 0. The normalized spacial score (nSPS) is 10.6. The van der Waals surface area contributed by atoms with E-state index in [-0.39, 0.29) is 0 Å². The summed E-state index contributed by atoms with van der Waals surface area (Å²) in [6.07, 6.45) is 6.63. The van der Waals surface area contributed by atoms with E-state index in [4.69, 9.17) is 13.9 Å². The van der Waals surface area contributed by atoms with E-state index in [1.807, 2.05) is 30.3 Å². The Labute approximate surface area is 159 Å². The Balaban J connectivity index is 1.48. The van der Waals surface area contributed by atoms with Crippen molar-refractivity contribution in [3.63, 3.8) is 0 Å². The van der Waals surface area contributed by atoms with Crippen LogP contribution >= 0.6 is 0 Å². The van der Waals surface area contributed by atoms with Crippen LogP contribution in [0.2, 0.25) is 0 Å². The summed E-state index contributed by atoms with van der Waals surface area (Å²) in [4.78, 5) is 11.0. The number of aryl methyl sites for hydroxylation is 1. The lowest BCUT2D eigenvalue weighted by Crippen LogP contribution is -2.00. The van der Waals surface area contributed by atoms with Crippen LogP contribution in [0.15, 0.2) is 65.3 Å². The number of rotatable bonds is 10. The van der Waals surface area contributed by atoms with Crippen LogP contribution < -0.4 is 9.47 Å². The summed E-state index contributed by atoms with van der Waals surface area (Å²) in [7, 11) is 1.69. The van der Waals surface area contributed by atoms with E-state index in [1.165, 1.54) is 5.56 Å². The maximum Gasteiger partial charge on any atom is 0.150 e. The third-order valence-electron chi connectivity index (χ3n) is 4.43. The van der Waals surface area contributed by atoms with Crippen molar-refractivity contribution in [2.75, 3.05) is 13.7 Å². The van der Waals surface area contributed by atoms with Crippen LogP contribution in [0.25, 0.3) is 11.3 Å². The first-order valence-corrected chi connectivity index (χ1v) is 9.19. The zero-order chi connectivity index (χ0) is 18.9. The second-order valence-electron chi connectivity index (χ2n) is 6.36. The summed E-state index contributed by atoms with van der Waals surface area (Å²) >= 11 is 0. The van der Waals surface area contributed by atoms with Crippen molar-refractivity contribution in [3.05, 3.63) is 72.0 Å². The highest BCUT2D eigenvalue weighted by Gasteiger charge is 2.10. The molecule has 2 aromatic carbocycles. The molecule has 1 heterocycles. The molecule has 0 radical (unpaired) electrons. The second kappa shape index (κ2) is 9.62. The highest BCUT2D eigenvalue weighted by molar-refractivity contribution is 5.80. The fourth-order valence-corrected chi connectivity index (χ4v) is 2.99. The fraction of sp³-hybridized carbons (Fsp3) is 0.261. The minimum atomic E-state index is 0.604. The monoisotopic (exact) mass is 364 g/mol. The minimum absolute atomic E-state index is 0.604. The quantitative estimate of drug-likeness (QED) is 0.349. The summed E-state index contributed by atoms with van der Waals surface area (Å²) in [6, 6.07) is 17.3. The van der Waals surface area contributed by atoms with Crippen LogP contribution in [0.3, 0.4) is 0 Å². The molecule has 0 saturated carbocycles. The van der Waals surface area contributed by atoms with Crippen molar-refractivity contribution in [2.45, 2.75) is 25.7 Å². The number of methoxy groups -OCH3 is 1. The predicted molar refractivity (Wildman–Crippen MR) is 106 cm³/mol. The molecule has 0 atom stereocenters. The number of furan rings is 1. The standard InChI is InChI=1S/C23H24O4/c1-25-20-9-5-8-18(15-20)7-3-2-4-13-26-23-12-11-19(17-24)16-21(23)22-10-6-14-27-22/h5-6,8-12,14-17H,2-4,7,13H2,1H3. The van der Waals surface area contributed by atoms with E-state index in [1.54, 1.807) is 25.5 Å². The molecule has 3 rings (SSSR count). The molecular formula is C23H24O4. The van der Waals surface area contributed by atoms with Crippen LogP contribution in [0.1, 0.15) is 35.2 Å². The van der Waals surface area contributed by atoms with Crippen LogP contribution in [-0.4, -0.2) is 20.0 Å². The fourth-order valence-electron chi connectivity index (χ4n) is 2.99. The van der Waals surface area contributed by atoms with Crippen LogP contribution in [0.5, 0.6) is 11.5 Å². The van der Waals surface area contributed by atoms with Gasteiger partial charge in [0.25, 0.3) is 0 Å². The molecule has 27 heavy (non-hydrogen) atoms. The van der Waals surface area contributed by atoms with Gasteiger partial charge < -0.3 is 13.9 Å². The van der Waals surface area contributed by atoms with Crippen molar-refractivity contribution in [3.8, 4) is 22.8 Å². The van der Waals surface area contributed by atoms with Crippen LogP contribution in [0, 0.1) is 0 Å². The number of carbonyl (C=O) groups excluding carboxylic acids is 1. The smallest absolute Gasteiger partial charge is 0.150 e. The Morgan fingerprint density at radius 3 is 2.70 bits per heavy atom. The molecule has 0 saturated heterocycles. The van der Waals surface area contributed by atoms with Gasteiger partial charge in [-0.1, -0.05) is 12.1 Å². The molecule has 0 spiro atoms. The highest BCUT2D eigenvalue weighted by Crippen LogP contribution is 2.31. The third-order valence-corrected chi connectivity index (χ3v) is 4.43. The molecule has 4 nitrogen and oxygen atoms in total. The van der Waals surface area contributed by atoms with Gasteiger partial charge in [-0.15, -0.1) is 0 Å². The molecule has 0 aliphatic rings. The zero-order valence-electron chi connectivity index (χ0n) is 15.5. The van der Waals surface area contributed by atoms with Crippen LogP contribution in [0.4, 0.5) is 0 Å². The van der Waals surface area contributed by atoms with Crippen molar-refractivity contribution < 1.29 is 18.7 Å². The largest absolute Gasteiger partial charge is 0.497 e. The lowest BCUT2D eigenvalue weighted by atomic mass is 10.1. The molecule has 0 aliphatic heterocycles. The van der Waals surface area contributed by atoms with E-state index in [2.05, 4.69) is 12.1 Å². The molecule has 0 fully saturated rings. The molecule has 1 aromatic heterocycles. The number of aldehydes is 1. The molecular weight excluding hydrogens is 340 g/mol. The van der Waals surface area contributed by atoms with Crippen LogP contribution in [-0.2, 0) is 6.42 Å². The Kier molecular flexibility index (Phi) is 6.69. The van der Waals surface area contributed by atoms with E-state index in [0.29, 0.717) is 17.9 Å². The third kappa shape index (κ3) is 5.23. The zero-order valence-corrected chi connectivity index (χ0v) is 15.5. The highest BCUT2D eigenvalue weighted by atomic mass is 16.5. The van der Waals surface area contributed by atoms with Gasteiger partial charge in [0.2, 0.25) is 0 Å². The van der Waals surface area contributed by atoms with Crippen molar-refractivity contribution in [1.29, 1.82) is 0 Å². The van der Waals surface area contributed by atoms with Gasteiger partial charge in [0.1, 0.15) is 23.5 Å². The first-order chi connectivity index (χ1) is 13.3. The summed E-state index contributed by atoms with van der Waals surface area (Å²) in [5, 5.41) is 0. The minimum Gasteiger partial charge on any atom is -0.497 e. The number of hydrogen-bond acceptors (Lipinski definition) is 4. The lowest BCUT2D eigenvalue weighted by Gasteiger charge is -2.11. The first kappa shape index (κ1) is 18.8. The molecule has 0 unspecified atom stereocenters. The molecule has 0 amide bonds.